The summed E-state index contributed by atoms with van der Waals surface area (Å²) < 4.78 is 0. The van der Waals surface area contributed by atoms with Crippen molar-refractivity contribution in [2.24, 2.45) is 0 Å². The molecule has 0 bridgehead atoms. The molecular weight excluding hydrogens is 346 g/mol. The third-order valence-corrected chi connectivity index (χ3v) is 5.72. The zero-order valence-electron chi connectivity index (χ0n) is 15.9. The Kier molecular flexibility index (Phi) is 4.65. The molecule has 0 spiro atoms. The Hall–Kier alpha value is -2.21. The number of carbonyl (C=O) groups is 2. The molecule has 1 aromatic rings. The van der Waals surface area contributed by atoms with Gasteiger partial charge in [0.15, 0.2) is 5.11 Å². The van der Waals surface area contributed by atoms with Crippen LogP contribution in [-0.2, 0) is 9.59 Å². The van der Waals surface area contributed by atoms with E-state index in [1.165, 1.54) is 16.2 Å². The van der Waals surface area contributed by atoms with Crippen LogP contribution in [0.3, 0.4) is 0 Å². The van der Waals surface area contributed by atoms with Crippen LogP contribution in [0.5, 0.6) is 0 Å². The summed E-state index contributed by atoms with van der Waals surface area (Å²) in [5, 5.41) is 2.69. The fraction of sp³-hybridized carbons (Fsp3) is 0.450. The minimum atomic E-state index is -0.444. The molecule has 1 aromatic carbocycles. The van der Waals surface area contributed by atoms with E-state index in [4.69, 9.17) is 12.2 Å². The van der Waals surface area contributed by atoms with Crippen LogP contribution in [0, 0.1) is 0 Å². The number of nitrogens with one attached hydrogen (secondary N) is 1. The minimum Gasteiger partial charge on any atom is -0.366 e. The predicted molar refractivity (Wildman–Crippen MR) is 108 cm³/mol. The fourth-order valence-corrected chi connectivity index (χ4v) is 4.29. The number of rotatable bonds is 2. The quantitative estimate of drug-likeness (QED) is 0.493. The van der Waals surface area contributed by atoms with Crippen molar-refractivity contribution in [1.82, 2.24) is 10.2 Å². The molecule has 2 heterocycles. The molecule has 0 radical (unpaired) electrons. The molecule has 1 N–H and O–H groups in total. The summed E-state index contributed by atoms with van der Waals surface area (Å²) in [5.41, 5.74) is 3.56. The highest BCUT2D eigenvalue weighted by atomic mass is 32.1. The van der Waals surface area contributed by atoms with Gasteiger partial charge in [-0.05, 0) is 74.7 Å². The molecule has 2 amide bonds. The van der Waals surface area contributed by atoms with E-state index in [-0.39, 0.29) is 22.1 Å². The Morgan fingerprint density at radius 1 is 1.35 bits per heavy atom. The molecular formula is C20H25N3O2S. The van der Waals surface area contributed by atoms with Crippen molar-refractivity contribution in [3.63, 3.8) is 0 Å². The van der Waals surface area contributed by atoms with Gasteiger partial charge in [0.25, 0.3) is 11.8 Å². The first-order valence-corrected chi connectivity index (χ1v) is 9.33. The van der Waals surface area contributed by atoms with Gasteiger partial charge in [-0.15, -0.1) is 0 Å². The number of anilines is 1. The minimum absolute atomic E-state index is 0.109. The average molecular weight is 372 g/mol. The topological polar surface area (TPSA) is 52.7 Å². The highest BCUT2D eigenvalue weighted by molar-refractivity contribution is 7.80. The first kappa shape index (κ1) is 18.6. The van der Waals surface area contributed by atoms with E-state index in [9.17, 15) is 9.59 Å². The number of fused-ring (bicyclic) bond motifs is 1. The summed E-state index contributed by atoms with van der Waals surface area (Å²) in [6.45, 7) is 9.89. The number of hydrogen-bond donors (Lipinski definition) is 1. The van der Waals surface area contributed by atoms with E-state index in [1.807, 2.05) is 6.07 Å². The third-order valence-electron chi connectivity index (χ3n) is 5.34. The van der Waals surface area contributed by atoms with Crippen molar-refractivity contribution in [3.8, 4) is 0 Å². The van der Waals surface area contributed by atoms with Gasteiger partial charge in [-0.2, -0.15) is 0 Å². The summed E-state index contributed by atoms with van der Waals surface area (Å²) in [7, 11) is 1.56. The fourth-order valence-electron chi connectivity index (χ4n) is 4.11. The Morgan fingerprint density at radius 2 is 2.04 bits per heavy atom. The zero-order valence-corrected chi connectivity index (χ0v) is 16.7. The van der Waals surface area contributed by atoms with E-state index < -0.39 is 5.91 Å². The van der Waals surface area contributed by atoms with Crippen molar-refractivity contribution in [2.75, 3.05) is 18.5 Å². The molecule has 1 atom stereocenters. The molecule has 26 heavy (non-hydrogen) atoms. The summed E-state index contributed by atoms with van der Waals surface area (Å²) in [6.07, 6.45) is 2.71. The molecule has 2 aliphatic heterocycles. The van der Waals surface area contributed by atoms with Gasteiger partial charge in [0.05, 0.1) is 0 Å². The molecule has 1 fully saturated rings. The molecule has 6 heteroatoms. The smallest absolute Gasteiger partial charge is 0.265 e. The average Bonchev–Trinajstić information content (AvgIpc) is 2.57. The lowest BCUT2D eigenvalue weighted by Crippen LogP contribution is -2.52. The summed E-state index contributed by atoms with van der Waals surface area (Å²) in [4.78, 5) is 28.3. The second-order valence-electron chi connectivity index (χ2n) is 7.66. The van der Waals surface area contributed by atoms with Crippen LogP contribution in [-0.4, -0.2) is 41.0 Å². The standard InChI is InChI=1S/C20H25N3O2S/c1-6-23-16-8-7-13(9-14(16)12(2)11-20(23,3)4)10-15-17(24)21-19(26)22(5)18(15)25/h7-10,12H,6,11H2,1-5H3,(H,21,24,26)/b15-10+. The number of carbonyl (C=O) groups excluding carboxylic acids is 2. The van der Waals surface area contributed by atoms with Gasteiger partial charge in [0.1, 0.15) is 5.57 Å². The number of amides is 2. The van der Waals surface area contributed by atoms with Crippen molar-refractivity contribution >= 4 is 40.9 Å². The van der Waals surface area contributed by atoms with Crippen molar-refractivity contribution in [2.45, 2.75) is 45.6 Å². The molecule has 5 nitrogen and oxygen atoms in total. The van der Waals surface area contributed by atoms with Crippen LogP contribution in [0.15, 0.2) is 23.8 Å². The van der Waals surface area contributed by atoms with Crippen molar-refractivity contribution in [3.05, 3.63) is 34.9 Å². The maximum absolute atomic E-state index is 12.4. The van der Waals surface area contributed by atoms with E-state index in [0.717, 1.165) is 18.5 Å². The number of hydrogen-bond acceptors (Lipinski definition) is 4. The second-order valence-corrected chi connectivity index (χ2v) is 8.05. The SMILES string of the molecule is CCN1c2ccc(/C=C3\C(=O)NC(=S)N(C)C3=O)cc2C(C)CC1(C)C. The van der Waals surface area contributed by atoms with Crippen molar-refractivity contribution < 1.29 is 9.59 Å². The van der Waals surface area contributed by atoms with Crippen LogP contribution in [0.1, 0.15) is 51.2 Å². The normalized spacial score (nSPS) is 24.0. The van der Waals surface area contributed by atoms with Crippen LogP contribution in [0.25, 0.3) is 6.08 Å². The maximum Gasteiger partial charge on any atom is 0.265 e. The van der Waals surface area contributed by atoms with E-state index in [1.54, 1.807) is 13.1 Å². The Bertz CT molecular complexity index is 828. The number of nitrogens with zero attached hydrogens (tertiary/aromatic N) is 2. The van der Waals surface area contributed by atoms with Gasteiger partial charge in [-0.25, -0.2) is 0 Å². The van der Waals surface area contributed by atoms with Crippen LogP contribution in [0.2, 0.25) is 0 Å². The van der Waals surface area contributed by atoms with E-state index in [2.05, 4.69) is 50.0 Å². The van der Waals surface area contributed by atoms with Gasteiger partial charge in [0.2, 0.25) is 0 Å². The van der Waals surface area contributed by atoms with E-state index >= 15 is 0 Å². The molecule has 0 saturated carbocycles. The molecule has 1 saturated heterocycles. The molecule has 0 aromatic heterocycles. The second kappa shape index (κ2) is 6.50. The Balaban J connectivity index is 2.02. The highest BCUT2D eigenvalue weighted by Gasteiger charge is 2.35. The Morgan fingerprint density at radius 3 is 2.69 bits per heavy atom. The molecule has 138 valence electrons. The van der Waals surface area contributed by atoms with Gasteiger partial charge < -0.3 is 4.90 Å². The lowest BCUT2D eigenvalue weighted by atomic mass is 9.79. The maximum atomic E-state index is 12.4. The summed E-state index contributed by atoms with van der Waals surface area (Å²) >= 11 is 4.98. The van der Waals surface area contributed by atoms with Gasteiger partial charge in [-0.3, -0.25) is 19.8 Å². The number of likely N-dealkylation sites (N-methyl/N-ethyl adjacent to an activating group) is 1. The zero-order chi connectivity index (χ0) is 19.2. The predicted octanol–water partition coefficient (Wildman–Crippen LogP) is 3.06. The number of benzene rings is 1. The summed E-state index contributed by atoms with van der Waals surface area (Å²) in [5.74, 6) is -0.409. The van der Waals surface area contributed by atoms with Crippen molar-refractivity contribution in [1.29, 1.82) is 0 Å². The lowest BCUT2D eigenvalue weighted by molar-refractivity contribution is -0.128. The largest absolute Gasteiger partial charge is 0.366 e. The highest BCUT2D eigenvalue weighted by Crippen LogP contribution is 2.43. The lowest BCUT2D eigenvalue weighted by Gasteiger charge is -2.47. The monoisotopic (exact) mass is 371 g/mol. The molecule has 1 unspecified atom stereocenters. The van der Waals surface area contributed by atoms with Gasteiger partial charge in [-0.1, -0.05) is 13.0 Å². The van der Waals surface area contributed by atoms with Crippen LogP contribution < -0.4 is 10.2 Å². The molecule has 2 aliphatic rings. The molecule has 0 aliphatic carbocycles. The van der Waals surface area contributed by atoms with Gasteiger partial charge >= 0.3 is 0 Å². The van der Waals surface area contributed by atoms with Crippen LogP contribution in [0.4, 0.5) is 5.69 Å². The third kappa shape index (κ3) is 3.03. The first-order chi connectivity index (χ1) is 12.2. The van der Waals surface area contributed by atoms with Crippen LogP contribution >= 0.6 is 12.2 Å². The Labute approximate surface area is 160 Å². The van der Waals surface area contributed by atoms with Gasteiger partial charge in [0, 0.05) is 24.8 Å². The first-order valence-electron chi connectivity index (χ1n) is 8.92. The molecule has 3 rings (SSSR count). The van der Waals surface area contributed by atoms with E-state index in [0.29, 0.717) is 5.92 Å². The summed E-state index contributed by atoms with van der Waals surface area (Å²) in [6, 6.07) is 6.16. The number of thiocarbonyl (C=S) groups is 1.